The van der Waals surface area contributed by atoms with Gasteiger partial charge in [0.25, 0.3) is 0 Å². The molecule has 4 atom stereocenters. The quantitative estimate of drug-likeness (QED) is 0.718. The van der Waals surface area contributed by atoms with Gasteiger partial charge < -0.3 is 15.4 Å². The molecule has 2 rings (SSSR count). The van der Waals surface area contributed by atoms with Crippen molar-refractivity contribution in [2.24, 2.45) is 11.7 Å². The minimum Gasteiger partial charge on any atom is -0.377 e. The summed E-state index contributed by atoms with van der Waals surface area (Å²) in [5.41, 5.74) is 5.87. The summed E-state index contributed by atoms with van der Waals surface area (Å²) in [6.07, 6.45) is 2.80. The number of nitrogens with zero attached hydrogens (tertiary/aromatic N) is 1. The van der Waals surface area contributed by atoms with Crippen LogP contribution >= 0.6 is 0 Å². The van der Waals surface area contributed by atoms with Crippen molar-refractivity contribution in [3.63, 3.8) is 0 Å². The van der Waals surface area contributed by atoms with Crippen molar-refractivity contribution in [3.05, 3.63) is 0 Å². The van der Waals surface area contributed by atoms with Crippen LogP contribution in [-0.2, 0) is 9.53 Å². The molecule has 0 radical (unpaired) electrons. The van der Waals surface area contributed by atoms with Crippen LogP contribution in [-0.4, -0.2) is 42.1 Å². The highest BCUT2D eigenvalue weighted by molar-refractivity contribution is 5.80. The molecule has 1 saturated carbocycles. The Morgan fingerprint density at radius 2 is 1.88 bits per heavy atom. The zero-order chi connectivity index (χ0) is 11.7. The van der Waals surface area contributed by atoms with Gasteiger partial charge in [0.1, 0.15) is 0 Å². The Hall–Kier alpha value is -0.610. The molecule has 1 amide bonds. The van der Waals surface area contributed by atoms with Crippen LogP contribution in [0.15, 0.2) is 0 Å². The molecule has 4 nitrogen and oxygen atoms in total. The van der Waals surface area contributed by atoms with E-state index in [0.29, 0.717) is 13.2 Å². The summed E-state index contributed by atoms with van der Waals surface area (Å²) in [6, 6.07) is 0.627. The third-order valence-electron chi connectivity index (χ3n) is 3.74. The fourth-order valence-electron chi connectivity index (χ4n) is 2.89. The predicted octanol–water partition coefficient (Wildman–Crippen LogP) is 0.750. The molecule has 0 bridgehead atoms. The summed E-state index contributed by atoms with van der Waals surface area (Å²) in [6.45, 7) is 5.44. The molecule has 1 saturated heterocycles. The van der Waals surface area contributed by atoms with Crippen molar-refractivity contribution in [2.45, 2.75) is 51.2 Å². The van der Waals surface area contributed by atoms with Crippen LogP contribution in [0, 0.1) is 5.92 Å². The molecule has 16 heavy (non-hydrogen) atoms. The molecule has 2 N–H and O–H groups in total. The average molecular weight is 226 g/mol. The highest BCUT2D eigenvalue weighted by Gasteiger charge is 2.36. The number of morpholine rings is 1. The largest absolute Gasteiger partial charge is 0.377 e. The highest BCUT2D eigenvalue weighted by atomic mass is 16.5. The van der Waals surface area contributed by atoms with Crippen molar-refractivity contribution in [3.8, 4) is 0 Å². The number of nitrogens with two attached hydrogens (primary N) is 1. The number of carbonyl (C=O) groups is 1. The van der Waals surface area contributed by atoms with E-state index in [1.807, 2.05) is 4.90 Å². The first-order valence-corrected chi connectivity index (χ1v) is 6.25. The van der Waals surface area contributed by atoms with E-state index >= 15 is 0 Å². The zero-order valence-corrected chi connectivity index (χ0v) is 10.2. The van der Waals surface area contributed by atoms with Crippen LogP contribution in [0.2, 0.25) is 0 Å². The van der Waals surface area contributed by atoms with E-state index in [4.69, 9.17) is 10.5 Å². The van der Waals surface area contributed by atoms with Gasteiger partial charge in [-0.2, -0.15) is 0 Å². The maximum Gasteiger partial charge on any atom is 0.226 e. The maximum atomic E-state index is 12.4. The van der Waals surface area contributed by atoms with Gasteiger partial charge in [-0.15, -0.1) is 0 Å². The molecule has 1 aliphatic heterocycles. The zero-order valence-electron chi connectivity index (χ0n) is 10.2. The smallest absolute Gasteiger partial charge is 0.226 e. The van der Waals surface area contributed by atoms with Gasteiger partial charge in [0.15, 0.2) is 0 Å². The molecular formula is C12H22N2O2. The van der Waals surface area contributed by atoms with E-state index in [2.05, 4.69) is 13.8 Å². The Labute approximate surface area is 97.1 Å². The third-order valence-corrected chi connectivity index (χ3v) is 3.74. The van der Waals surface area contributed by atoms with E-state index in [1.54, 1.807) is 0 Å². The van der Waals surface area contributed by atoms with Gasteiger partial charge in [-0.05, 0) is 33.1 Å². The first kappa shape index (κ1) is 11.9. The van der Waals surface area contributed by atoms with Crippen LogP contribution in [0.5, 0.6) is 0 Å². The van der Waals surface area contributed by atoms with E-state index in [0.717, 1.165) is 19.3 Å². The van der Waals surface area contributed by atoms with Gasteiger partial charge >= 0.3 is 0 Å². The molecule has 4 heteroatoms. The van der Waals surface area contributed by atoms with Gasteiger partial charge in [0.2, 0.25) is 5.91 Å². The molecule has 1 heterocycles. The second kappa shape index (κ2) is 4.72. The second-order valence-corrected chi connectivity index (χ2v) is 5.25. The van der Waals surface area contributed by atoms with Gasteiger partial charge in [-0.1, -0.05) is 0 Å². The molecular weight excluding hydrogens is 204 g/mol. The van der Waals surface area contributed by atoms with E-state index in [1.165, 1.54) is 0 Å². The lowest BCUT2D eigenvalue weighted by molar-refractivity contribution is -0.148. The minimum absolute atomic E-state index is 0.151. The summed E-state index contributed by atoms with van der Waals surface area (Å²) in [4.78, 5) is 14.4. The number of hydrogen-bond acceptors (Lipinski definition) is 3. The fourth-order valence-corrected chi connectivity index (χ4v) is 2.89. The van der Waals surface area contributed by atoms with E-state index in [9.17, 15) is 4.79 Å². The SMILES string of the molecule is CC1COCC(C)N1C(=O)C1CCC(N)C1. The summed E-state index contributed by atoms with van der Waals surface area (Å²) < 4.78 is 5.44. The minimum atomic E-state index is 0.151. The summed E-state index contributed by atoms with van der Waals surface area (Å²) >= 11 is 0. The average Bonchev–Trinajstić information content (AvgIpc) is 2.64. The lowest BCUT2D eigenvalue weighted by Crippen LogP contribution is -2.54. The number of hydrogen-bond donors (Lipinski definition) is 1. The highest BCUT2D eigenvalue weighted by Crippen LogP contribution is 2.28. The molecule has 0 aromatic rings. The lowest BCUT2D eigenvalue weighted by Gasteiger charge is -2.40. The standard InChI is InChI=1S/C12H22N2O2/c1-8-6-16-7-9(2)14(8)12(15)10-3-4-11(13)5-10/h8-11H,3-7,13H2,1-2H3. The monoisotopic (exact) mass is 226 g/mol. The Balaban J connectivity index is 2.02. The van der Waals surface area contributed by atoms with Gasteiger partial charge in [0, 0.05) is 12.0 Å². The number of rotatable bonds is 1. The lowest BCUT2D eigenvalue weighted by atomic mass is 10.0. The van der Waals surface area contributed by atoms with Crippen LogP contribution in [0.1, 0.15) is 33.1 Å². The van der Waals surface area contributed by atoms with Crippen LogP contribution in [0.4, 0.5) is 0 Å². The third kappa shape index (κ3) is 2.23. The molecule has 92 valence electrons. The Morgan fingerprint density at radius 1 is 1.25 bits per heavy atom. The second-order valence-electron chi connectivity index (χ2n) is 5.25. The van der Waals surface area contributed by atoms with Crippen molar-refractivity contribution in [1.82, 2.24) is 4.90 Å². The van der Waals surface area contributed by atoms with Crippen LogP contribution in [0.25, 0.3) is 0 Å². The van der Waals surface area contributed by atoms with Gasteiger partial charge in [-0.25, -0.2) is 0 Å². The van der Waals surface area contributed by atoms with Crippen molar-refractivity contribution in [2.75, 3.05) is 13.2 Å². The van der Waals surface area contributed by atoms with Crippen LogP contribution < -0.4 is 5.73 Å². The molecule has 0 aromatic heterocycles. The number of ether oxygens (including phenoxy) is 1. The molecule has 0 spiro atoms. The first-order chi connectivity index (χ1) is 7.59. The fraction of sp³-hybridized carbons (Fsp3) is 0.917. The van der Waals surface area contributed by atoms with Gasteiger partial charge in [-0.3, -0.25) is 4.79 Å². The summed E-state index contributed by atoms with van der Waals surface area (Å²) in [5.74, 6) is 0.439. The molecule has 2 aliphatic rings. The summed E-state index contributed by atoms with van der Waals surface area (Å²) in [5, 5.41) is 0. The number of amides is 1. The number of carbonyl (C=O) groups excluding carboxylic acids is 1. The Bertz CT molecular complexity index is 260. The van der Waals surface area contributed by atoms with Crippen molar-refractivity contribution >= 4 is 5.91 Å². The Morgan fingerprint density at radius 3 is 2.38 bits per heavy atom. The van der Waals surface area contributed by atoms with Gasteiger partial charge in [0.05, 0.1) is 25.3 Å². The molecule has 0 aromatic carbocycles. The van der Waals surface area contributed by atoms with E-state index < -0.39 is 0 Å². The normalized spacial score (nSPS) is 40.1. The first-order valence-electron chi connectivity index (χ1n) is 6.25. The maximum absolute atomic E-state index is 12.4. The van der Waals surface area contributed by atoms with Crippen LogP contribution in [0.3, 0.4) is 0 Å². The summed E-state index contributed by atoms with van der Waals surface area (Å²) in [7, 11) is 0. The molecule has 1 aliphatic carbocycles. The topological polar surface area (TPSA) is 55.6 Å². The Kier molecular flexibility index (Phi) is 3.50. The predicted molar refractivity (Wildman–Crippen MR) is 61.9 cm³/mol. The van der Waals surface area contributed by atoms with Crippen molar-refractivity contribution < 1.29 is 9.53 Å². The van der Waals surface area contributed by atoms with E-state index in [-0.39, 0.29) is 30.0 Å². The van der Waals surface area contributed by atoms with Crippen molar-refractivity contribution in [1.29, 1.82) is 0 Å². The molecule has 4 unspecified atom stereocenters. The molecule has 2 fully saturated rings.